The van der Waals surface area contributed by atoms with Crippen molar-refractivity contribution in [3.63, 3.8) is 0 Å². The highest BCUT2D eigenvalue weighted by Crippen LogP contribution is 2.17. The topological polar surface area (TPSA) is 37.3 Å². The number of carboxylic acid groups (broad SMARTS) is 1. The molecule has 1 aromatic carbocycles. The maximum Gasteiger partial charge on any atom is 0.328 e. The summed E-state index contributed by atoms with van der Waals surface area (Å²) in [6.45, 7) is 0. The van der Waals surface area contributed by atoms with Gasteiger partial charge in [0.15, 0.2) is 0 Å². The Labute approximate surface area is 74.9 Å². The third-order valence-electron chi connectivity index (χ3n) is 1.16. The Morgan fingerprint density at radius 3 is 2.58 bits per heavy atom. The predicted octanol–water partition coefficient (Wildman–Crippen LogP) is 2.38. The number of thioether (sulfide) groups is 1. The van der Waals surface area contributed by atoms with Crippen LogP contribution in [0.5, 0.6) is 0 Å². The lowest BCUT2D eigenvalue weighted by Gasteiger charge is -1.91. The largest absolute Gasteiger partial charge is 0.478 e. The van der Waals surface area contributed by atoms with Gasteiger partial charge in [-0.3, -0.25) is 0 Å². The first-order valence-electron chi connectivity index (χ1n) is 3.40. The standard InChI is InChI=1S/C9H8O2S/c10-9(11)6-7-12-8-4-2-1-3-5-8/h1-7H,(H,10,11). The third kappa shape index (κ3) is 3.25. The van der Waals surface area contributed by atoms with Gasteiger partial charge in [-0.2, -0.15) is 0 Å². The number of aliphatic carboxylic acids is 1. The lowest BCUT2D eigenvalue weighted by molar-refractivity contribution is -0.131. The Bertz CT molecular complexity index is 280. The third-order valence-corrected chi connectivity index (χ3v) is 1.97. The molecular weight excluding hydrogens is 172 g/mol. The molecule has 2 nitrogen and oxygen atoms in total. The summed E-state index contributed by atoms with van der Waals surface area (Å²) in [5, 5.41) is 9.84. The van der Waals surface area contributed by atoms with E-state index in [2.05, 4.69) is 0 Å². The molecule has 0 aromatic heterocycles. The summed E-state index contributed by atoms with van der Waals surface area (Å²) in [5.41, 5.74) is 0. The first kappa shape index (κ1) is 8.87. The molecule has 0 heterocycles. The van der Waals surface area contributed by atoms with Crippen LogP contribution in [0.1, 0.15) is 0 Å². The van der Waals surface area contributed by atoms with Gasteiger partial charge in [0.25, 0.3) is 0 Å². The fourth-order valence-corrected chi connectivity index (χ4v) is 1.33. The van der Waals surface area contributed by atoms with Gasteiger partial charge in [0.05, 0.1) is 0 Å². The number of carboxylic acids is 1. The van der Waals surface area contributed by atoms with E-state index >= 15 is 0 Å². The maximum absolute atomic E-state index is 10.1. The van der Waals surface area contributed by atoms with E-state index in [0.29, 0.717) is 0 Å². The Morgan fingerprint density at radius 1 is 1.33 bits per heavy atom. The Kier molecular flexibility index (Phi) is 3.41. The van der Waals surface area contributed by atoms with E-state index in [1.54, 1.807) is 5.41 Å². The summed E-state index contributed by atoms with van der Waals surface area (Å²) in [5.74, 6) is -0.918. The van der Waals surface area contributed by atoms with Crippen molar-refractivity contribution in [2.24, 2.45) is 0 Å². The normalized spacial score (nSPS) is 10.3. The van der Waals surface area contributed by atoms with Crippen LogP contribution in [0.2, 0.25) is 0 Å². The van der Waals surface area contributed by atoms with Crippen LogP contribution in [0.4, 0.5) is 0 Å². The summed E-state index contributed by atoms with van der Waals surface area (Å²) >= 11 is 1.39. The highest BCUT2D eigenvalue weighted by Gasteiger charge is 1.88. The molecule has 0 aliphatic carbocycles. The second-order valence-corrected chi connectivity index (χ2v) is 3.05. The molecule has 0 bridgehead atoms. The molecule has 0 aliphatic heterocycles. The van der Waals surface area contributed by atoms with Gasteiger partial charge in [-0.25, -0.2) is 4.79 Å². The average Bonchev–Trinajstić information content (AvgIpc) is 2.05. The van der Waals surface area contributed by atoms with Crippen molar-refractivity contribution in [1.29, 1.82) is 0 Å². The van der Waals surface area contributed by atoms with Crippen molar-refractivity contribution in [3.05, 3.63) is 41.8 Å². The molecule has 0 spiro atoms. The Hall–Kier alpha value is -1.22. The van der Waals surface area contributed by atoms with E-state index < -0.39 is 5.97 Å². The fraction of sp³-hybridized carbons (Fsp3) is 0. The number of hydrogen-bond acceptors (Lipinski definition) is 2. The molecule has 0 saturated carbocycles. The summed E-state index contributed by atoms with van der Waals surface area (Å²) < 4.78 is 0. The molecule has 0 unspecified atom stereocenters. The molecule has 12 heavy (non-hydrogen) atoms. The second-order valence-electron chi connectivity index (χ2n) is 2.07. The minimum Gasteiger partial charge on any atom is -0.478 e. The Balaban J connectivity index is 2.49. The van der Waals surface area contributed by atoms with Crippen molar-refractivity contribution < 1.29 is 9.90 Å². The summed E-state index contributed by atoms with van der Waals surface area (Å²) in [6, 6.07) is 9.60. The monoisotopic (exact) mass is 180 g/mol. The lowest BCUT2D eigenvalue weighted by Crippen LogP contribution is -1.84. The molecule has 0 radical (unpaired) electrons. The van der Waals surface area contributed by atoms with Gasteiger partial charge in [-0.1, -0.05) is 30.0 Å². The quantitative estimate of drug-likeness (QED) is 0.573. The van der Waals surface area contributed by atoms with Crippen LogP contribution in [0, 0.1) is 0 Å². The number of hydrogen-bond donors (Lipinski definition) is 1. The van der Waals surface area contributed by atoms with E-state index in [4.69, 9.17) is 5.11 Å². The van der Waals surface area contributed by atoms with Crippen LogP contribution in [-0.4, -0.2) is 11.1 Å². The first-order valence-corrected chi connectivity index (χ1v) is 4.28. The van der Waals surface area contributed by atoms with Gasteiger partial charge in [-0.05, 0) is 17.5 Å². The molecule has 1 aromatic rings. The van der Waals surface area contributed by atoms with Crippen LogP contribution >= 0.6 is 11.8 Å². The molecule has 0 atom stereocenters. The van der Waals surface area contributed by atoms with Gasteiger partial charge in [0.1, 0.15) is 0 Å². The molecule has 0 fully saturated rings. The molecular formula is C9H8O2S. The summed E-state index contributed by atoms with van der Waals surface area (Å²) in [4.78, 5) is 11.1. The number of benzene rings is 1. The minimum atomic E-state index is -0.918. The SMILES string of the molecule is O=C(O)C=CSc1ccccc1. The molecule has 62 valence electrons. The Morgan fingerprint density at radius 2 is 2.00 bits per heavy atom. The van der Waals surface area contributed by atoms with Gasteiger partial charge >= 0.3 is 5.97 Å². The van der Waals surface area contributed by atoms with Crippen LogP contribution in [0.3, 0.4) is 0 Å². The first-order chi connectivity index (χ1) is 5.79. The van der Waals surface area contributed by atoms with Crippen molar-refractivity contribution in [2.75, 3.05) is 0 Å². The van der Waals surface area contributed by atoms with E-state index in [1.165, 1.54) is 11.8 Å². The predicted molar refractivity (Wildman–Crippen MR) is 49.1 cm³/mol. The molecule has 3 heteroatoms. The zero-order valence-corrected chi connectivity index (χ0v) is 7.12. The van der Waals surface area contributed by atoms with Crippen molar-refractivity contribution in [1.82, 2.24) is 0 Å². The molecule has 1 rings (SSSR count). The van der Waals surface area contributed by atoms with Gasteiger partial charge < -0.3 is 5.11 Å². The van der Waals surface area contributed by atoms with Gasteiger partial charge in [0.2, 0.25) is 0 Å². The zero-order valence-electron chi connectivity index (χ0n) is 6.31. The second kappa shape index (κ2) is 4.62. The van der Waals surface area contributed by atoms with Gasteiger partial charge in [-0.15, -0.1) is 0 Å². The van der Waals surface area contributed by atoms with E-state index in [-0.39, 0.29) is 0 Å². The highest BCUT2D eigenvalue weighted by molar-refractivity contribution is 8.02. The minimum absolute atomic E-state index is 0.918. The van der Waals surface area contributed by atoms with Crippen molar-refractivity contribution in [2.45, 2.75) is 4.90 Å². The van der Waals surface area contributed by atoms with Crippen LogP contribution in [0.15, 0.2) is 46.7 Å². The number of carbonyl (C=O) groups is 1. The highest BCUT2D eigenvalue weighted by atomic mass is 32.2. The molecule has 0 aliphatic rings. The van der Waals surface area contributed by atoms with Crippen LogP contribution in [-0.2, 0) is 4.79 Å². The van der Waals surface area contributed by atoms with E-state index in [1.807, 2.05) is 30.3 Å². The average molecular weight is 180 g/mol. The summed E-state index contributed by atoms with van der Waals surface area (Å²) in [7, 11) is 0. The van der Waals surface area contributed by atoms with Crippen molar-refractivity contribution in [3.8, 4) is 0 Å². The maximum atomic E-state index is 10.1. The number of rotatable bonds is 3. The van der Waals surface area contributed by atoms with Crippen LogP contribution < -0.4 is 0 Å². The molecule has 0 saturated heterocycles. The molecule has 1 N–H and O–H groups in total. The van der Waals surface area contributed by atoms with Crippen LogP contribution in [0.25, 0.3) is 0 Å². The van der Waals surface area contributed by atoms with E-state index in [9.17, 15) is 4.79 Å². The van der Waals surface area contributed by atoms with Gasteiger partial charge in [0, 0.05) is 11.0 Å². The zero-order chi connectivity index (χ0) is 8.81. The van der Waals surface area contributed by atoms with E-state index in [0.717, 1.165) is 11.0 Å². The smallest absolute Gasteiger partial charge is 0.328 e. The van der Waals surface area contributed by atoms with Crippen molar-refractivity contribution >= 4 is 17.7 Å². The lowest BCUT2D eigenvalue weighted by atomic mass is 10.4. The fourth-order valence-electron chi connectivity index (χ4n) is 0.670. The molecule has 0 amide bonds. The summed E-state index contributed by atoms with van der Waals surface area (Å²) in [6.07, 6.45) is 1.12.